The van der Waals surface area contributed by atoms with E-state index in [1.54, 1.807) is 24.3 Å². The molecule has 0 heterocycles. The van der Waals surface area contributed by atoms with Gasteiger partial charge in [0.2, 0.25) is 0 Å². The number of rotatable bonds is 4. The van der Waals surface area contributed by atoms with Gasteiger partial charge in [-0.15, -0.1) is 0 Å². The highest BCUT2D eigenvalue weighted by Crippen LogP contribution is 2.21. The highest BCUT2D eigenvalue weighted by molar-refractivity contribution is 7.86. The number of hydrogen-bond donors (Lipinski definition) is 0. The van der Waals surface area contributed by atoms with Gasteiger partial charge in [-0.3, -0.25) is 4.18 Å². The van der Waals surface area contributed by atoms with E-state index in [9.17, 15) is 8.42 Å². The van der Waals surface area contributed by atoms with Gasteiger partial charge >= 0.3 is 0 Å². The molecule has 0 aliphatic heterocycles. The Morgan fingerprint density at radius 3 is 2.20 bits per heavy atom. The maximum absolute atomic E-state index is 12.0. The van der Waals surface area contributed by atoms with Crippen molar-refractivity contribution in [2.75, 3.05) is 0 Å². The average molecular weight is 311 g/mol. The molecule has 0 atom stereocenters. The first-order chi connectivity index (χ1) is 9.38. The molecule has 0 bridgehead atoms. The smallest absolute Gasteiger partial charge is 0.261 e. The molecule has 0 spiro atoms. The Morgan fingerprint density at radius 1 is 1.00 bits per heavy atom. The van der Waals surface area contributed by atoms with Crippen LogP contribution in [0.5, 0.6) is 0 Å². The van der Waals surface area contributed by atoms with Gasteiger partial charge in [-0.05, 0) is 43.2 Å². The third-order valence-corrected chi connectivity index (χ3v) is 4.52. The SMILES string of the molecule is Cc1ccc(S(=O)(=O)OCc2ccc(C)cc2Cl)cc1. The molecular weight excluding hydrogens is 296 g/mol. The largest absolute Gasteiger partial charge is 0.297 e. The summed E-state index contributed by atoms with van der Waals surface area (Å²) in [6.45, 7) is 3.73. The summed E-state index contributed by atoms with van der Waals surface area (Å²) in [5.41, 5.74) is 2.65. The van der Waals surface area contributed by atoms with E-state index in [1.165, 1.54) is 12.1 Å². The fraction of sp³-hybridized carbons (Fsp3) is 0.200. The molecule has 0 radical (unpaired) electrons. The van der Waals surface area contributed by atoms with Crippen LogP contribution < -0.4 is 0 Å². The van der Waals surface area contributed by atoms with Crippen LogP contribution in [-0.4, -0.2) is 8.42 Å². The summed E-state index contributed by atoms with van der Waals surface area (Å²) in [5.74, 6) is 0. The topological polar surface area (TPSA) is 43.4 Å². The van der Waals surface area contributed by atoms with Gasteiger partial charge in [0.25, 0.3) is 10.1 Å². The molecule has 5 heteroatoms. The van der Waals surface area contributed by atoms with E-state index in [2.05, 4.69) is 0 Å². The molecule has 2 aromatic carbocycles. The highest BCUT2D eigenvalue weighted by atomic mass is 35.5. The van der Waals surface area contributed by atoms with Gasteiger partial charge in [-0.1, -0.05) is 41.4 Å². The second-order valence-electron chi connectivity index (χ2n) is 4.62. The summed E-state index contributed by atoms with van der Waals surface area (Å²) in [6, 6.07) is 11.9. The van der Waals surface area contributed by atoms with Gasteiger partial charge in [-0.2, -0.15) is 8.42 Å². The van der Waals surface area contributed by atoms with Crippen LogP contribution in [-0.2, 0) is 20.9 Å². The van der Waals surface area contributed by atoms with Crippen LogP contribution in [0.3, 0.4) is 0 Å². The highest BCUT2D eigenvalue weighted by Gasteiger charge is 2.15. The van der Waals surface area contributed by atoms with Crippen molar-refractivity contribution in [1.29, 1.82) is 0 Å². The van der Waals surface area contributed by atoms with Gasteiger partial charge in [-0.25, -0.2) is 0 Å². The Hall–Kier alpha value is -1.36. The van der Waals surface area contributed by atoms with Gasteiger partial charge in [0, 0.05) is 5.02 Å². The summed E-state index contributed by atoms with van der Waals surface area (Å²) in [7, 11) is -3.76. The van der Waals surface area contributed by atoms with Crippen molar-refractivity contribution in [3.63, 3.8) is 0 Å². The van der Waals surface area contributed by atoms with Crippen LogP contribution in [0.4, 0.5) is 0 Å². The third kappa shape index (κ3) is 3.60. The Balaban J connectivity index is 2.15. The monoisotopic (exact) mass is 310 g/mol. The first kappa shape index (κ1) is 15.0. The molecule has 0 saturated carbocycles. The molecule has 106 valence electrons. The van der Waals surface area contributed by atoms with Gasteiger partial charge in [0.15, 0.2) is 0 Å². The molecule has 0 N–H and O–H groups in total. The zero-order valence-corrected chi connectivity index (χ0v) is 12.8. The van der Waals surface area contributed by atoms with Crippen molar-refractivity contribution in [2.24, 2.45) is 0 Å². The zero-order valence-electron chi connectivity index (χ0n) is 11.3. The minimum absolute atomic E-state index is 0.0741. The predicted octanol–water partition coefficient (Wildman–Crippen LogP) is 3.86. The molecule has 0 aromatic heterocycles. The van der Waals surface area contributed by atoms with Gasteiger partial charge in [0.1, 0.15) is 0 Å². The Bertz CT molecular complexity index is 706. The summed E-state index contributed by atoms with van der Waals surface area (Å²) >= 11 is 6.05. The number of hydrogen-bond acceptors (Lipinski definition) is 3. The summed E-state index contributed by atoms with van der Waals surface area (Å²) in [5, 5.41) is 0.504. The third-order valence-electron chi connectivity index (χ3n) is 2.89. The van der Waals surface area contributed by atoms with E-state index in [1.807, 2.05) is 19.9 Å². The second-order valence-corrected chi connectivity index (χ2v) is 6.65. The van der Waals surface area contributed by atoms with Crippen molar-refractivity contribution < 1.29 is 12.6 Å². The lowest BCUT2D eigenvalue weighted by Gasteiger charge is -2.08. The van der Waals surface area contributed by atoms with E-state index in [4.69, 9.17) is 15.8 Å². The fourth-order valence-electron chi connectivity index (χ4n) is 1.68. The first-order valence-corrected chi connectivity index (χ1v) is 7.88. The quantitative estimate of drug-likeness (QED) is 0.805. The van der Waals surface area contributed by atoms with Crippen molar-refractivity contribution in [2.45, 2.75) is 25.3 Å². The van der Waals surface area contributed by atoms with Crippen LogP contribution in [0, 0.1) is 13.8 Å². The van der Waals surface area contributed by atoms with Gasteiger partial charge in [0.05, 0.1) is 11.5 Å². The lowest BCUT2D eigenvalue weighted by molar-refractivity contribution is 0.308. The number of halogens is 1. The molecule has 0 aliphatic carbocycles. The average Bonchev–Trinajstić information content (AvgIpc) is 2.38. The number of benzene rings is 2. The molecule has 2 rings (SSSR count). The standard InChI is InChI=1S/C15H15ClO3S/c1-11-4-7-14(8-5-11)20(17,18)19-10-13-6-3-12(2)9-15(13)16/h3-9H,10H2,1-2H3. The normalized spacial score (nSPS) is 11.6. The summed E-state index contributed by atoms with van der Waals surface area (Å²) in [4.78, 5) is 0.145. The molecule has 3 nitrogen and oxygen atoms in total. The molecule has 0 aliphatic rings. The fourth-order valence-corrected chi connectivity index (χ4v) is 2.86. The minimum Gasteiger partial charge on any atom is -0.261 e. The molecule has 0 unspecified atom stereocenters. The van der Waals surface area contributed by atoms with E-state index in [0.717, 1.165) is 11.1 Å². The Kier molecular flexibility index (Phi) is 4.48. The van der Waals surface area contributed by atoms with Gasteiger partial charge < -0.3 is 0 Å². The molecule has 20 heavy (non-hydrogen) atoms. The van der Waals surface area contributed by atoms with Crippen molar-refractivity contribution in [3.05, 3.63) is 64.2 Å². The summed E-state index contributed by atoms with van der Waals surface area (Å²) < 4.78 is 29.1. The van der Waals surface area contributed by atoms with E-state index in [-0.39, 0.29) is 11.5 Å². The van der Waals surface area contributed by atoms with E-state index >= 15 is 0 Å². The van der Waals surface area contributed by atoms with Crippen LogP contribution in [0.1, 0.15) is 16.7 Å². The minimum atomic E-state index is -3.76. The molecule has 0 amide bonds. The second kappa shape index (κ2) is 5.95. The molecule has 0 saturated heterocycles. The van der Waals surface area contributed by atoms with E-state index in [0.29, 0.717) is 10.6 Å². The predicted molar refractivity (Wildman–Crippen MR) is 79.3 cm³/mol. The first-order valence-electron chi connectivity index (χ1n) is 6.09. The Labute approximate surface area is 124 Å². The zero-order chi connectivity index (χ0) is 14.8. The van der Waals surface area contributed by atoms with Crippen LogP contribution in [0.25, 0.3) is 0 Å². The van der Waals surface area contributed by atoms with Crippen LogP contribution in [0.15, 0.2) is 47.4 Å². The van der Waals surface area contributed by atoms with Crippen molar-refractivity contribution in [1.82, 2.24) is 0 Å². The Morgan fingerprint density at radius 2 is 1.60 bits per heavy atom. The maximum Gasteiger partial charge on any atom is 0.297 e. The lowest BCUT2D eigenvalue weighted by Crippen LogP contribution is -2.06. The summed E-state index contributed by atoms with van der Waals surface area (Å²) in [6.07, 6.45) is 0. The van der Waals surface area contributed by atoms with Crippen molar-refractivity contribution >= 4 is 21.7 Å². The molecule has 0 fully saturated rings. The van der Waals surface area contributed by atoms with Crippen molar-refractivity contribution in [3.8, 4) is 0 Å². The van der Waals surface area contributed by atoms with Crippen LogP contribution in [0.2, 0.25) is 5.02 Å². The lowest BCUT2D eigenvalue weighted by atomic mass is 10.2. The van der Waals surface area contributed by atoms with Crippen LogP contribution >= 0.6 is 11.6 Å². The maximum atomic E-state index is 12.0. The van der Waals surface area contributed by atoms with E-state index < -0.39 is 10.1 Å². The molecule has 2 aromatic rings. The molecular formula is C15H15ClO3S. The number of aryl methyl sites for hydroxylation is 2.